The predicted octanol–water partition coefficient (Wildman–Crippen LogP) is 3.71. The molecular formula is C20H24N2O3S. The number of benzene rings is 2. The van der Waals surface area contributed by atoms with Crippen LogP contribution in [0.25, 0.3) is 0 Å². The zero-order valence-corrected chi connectivity index (χ0v) is 16.4. The molecule has 1 aliphatic rings. The first-order valence-electron chi connectivity index (χ1n) is 8.71. The molecule has 0 spiro atoms. The van der Waals surface area contributed by atoms with Crippen LogP contribution >= 0.6 is 0 Å². The van der Waals surface area contributed by atoms with Crippen molar-refractivity contribution in [3.8, 4) is 0 Å². The average molecular weight is 372 g/mol. The van der Waals surface area contributed by atoms with Gasteiger partial charge in [0.1, 0.15) is 0 Å². The Bertz CT molecular complexity index is 958. The van der Waals surface area contributed by atoms with Gasteiger partial charge in [-0.05, 0) is 68.5 Å². The van der Waals surface area contributed by atoms with Crippen LogP contribution < -0.4 is 9.62 Å². The lowest BCUT2D eigenvalue weighted by molar-refractivity contribution is -0.116. The number of aryl methyl sites for hydroxylation is 4. The lowest BCUT2D eigenvalue weighted by atomic mass is 10.0. The van der Waals surface area contributed by atoms with Crippen LogP contribution in [0, 0.1) is 20.8 Å². The van der Waals surface area contributed by atoms with Crippen molar-refractivity contribution in [2.45, 2.75) is 45.4 Å². The van der Waals surface area contributed by atoms with Crippen molar-refractivity contribution < 1.29 is 13.2 Å². The SMILES string of the molecule is CC(=O)N1CCCc2cc(NS(=O)(=O)c3c(C)cc(C)cc3C)ccc21. The monoisotopic (exact) mass is 372 g/mol. The number of hydrogen-bond acceptors (Lipinski definition) is 3. The Labute approximate surface area is 155 Å². The van der Waals surface area contributed by atoms with E-state index in [9.17, 15) is 13.2 Å². The molecule has 1 amide bonds. The van der Waals surface area contributed by atoms with E-state index < -0.39 is 10.0 Å². The molecule has 1 N–H and O–H groups in total. The van der Waals surface area contributed by atoms with Crippen LogP contribution in [0.2, 0.25) is 0 Å². The van der Waals surface area contributed by atoms with Gasteiger partial charge >= 0.3 is 0 Å². The van der Waals surface area contributed by atoms with E-state index in [2.05, 4.69) is 4.72 Å². The molecule has 1 aliphatic heterocycles. The van der Waals surface area contributed by atoms with Crippen LogP contribution in [-0.4, -0.2) is 20.9 Å². The van der Waals surface area contributed by atoms with Crippen LogP contribution in [0.1, 0.15) is 35.6 Å². The quantitative estimate of drug-likeness (QED) is 0.893. The van der Waals surface area contributed by atoms with Gasteiger partial charge in [-0.1, -0.05) is 17.7 Å². The molecule has 0 saturated carbocycles. The van der Waals surface area contributed by atoms with Crippen LogP contribution in [-0.2, 0) is 21.2 Å². The van der Waals surface area contributed by atoms with Gasteiger partial charge in [-0.3, -0.25) is 9.52 Å². The highest BCUT2D eigenvalue weighted by Crippen LogP contribution is 2.31. The van der Waals surface area contributed by atoms with Crippen molar-refractivity contribution >= 4 is 27.3 Å². The Morgan fingerprint density at radius 1 is 1.08 bits per heavy atom. The minimum atomic E-state index is -3.68. The number of nitrogens with one attached hydrogen (secondary N) is 1. The maximum atomic E-state index is 12.9. The molecule has 138 valence electrons. The molecule has 0 aliphatic carbocycles. The standard InChI is InChI=1S/C20H24N2O3S/c1-13-10-14(2)20(15(3)11-13)26(24,25)21-18-7-8-19-17(12-18)6-5-9-22(19)16(4)23/h7-8,10-12,21H,5-6,9H2,1-4H3. The van der Waals surface area contributed by atoms with Crippen molar-refractivity contribution in [3.63, 3.8) is 0 Å². The van der Waals surface area contributed by atoms with E-state index in [0.717, 1.165) is 40.8 Å². The molecule has 0 atom stereocenters. The summed E-state index contributed by atoms with van der Waals surface area (Å²) in [5, 5.41) is 0. The lowest BCUT2D eigenvalue weighted by Gasteiger charge is -2.29. The summed E-state index contributed by atoms with van der Waals surface area (Å²) in [6.07, 6.45) is 1.70. The lowest BCUT2D eigenvalue weighted by Crippen LogP contribution is -2.33. The minimum absolute atomic E-state index is 0.00480. The van der Waals surface area contributed by atoms with E-state index >= 15 is 0 Å². The summed E-state index contributed by atoms with van der Waals surface area (Å²) in [7, 11) is -3.68. The number of hydrogen-bond donors (Lipinski definition) is 1. The molecule has 5 nitrogen and oxygen atoms in total. The second-order valence-corrected chi connectivity index (χ2v) is 8.57. The van der Waals surface area contributed by atoms with Crippen molar-refractivity contribution in [3.05, 3.63) is 52.6 Å². The first kappa shape index (κ1) is 18.5. The van der Waals surface area contributed by atoms with Gasteiger partial charge < -0.3 is 4.90 Å². The summed E-state index contributed by atoms with van der Waals surface area (Å²) in [6.45, 7) is 7.83. The van der Waals surface area contributed by atoms with Gasteiger partial charge in [0, 0.05) is 24.8 Å². The second kappa shape index (κ2) is 6.76. The molecule has 3 rings (SSSR count). The molecule has 6 heteroatoms. The largest absolute Gasteiger partial charge is 0.312 e. The average Bonchev–Trinajstić information content (AvgIpc) is 2.52. The van der Waals surface area contributed by atoms with Crippen molar-refractivity contribution in [2.75, 3.05) is 16.2 Å². The number of amides is 1. The third-order valence-electron chi connectivity index (χ3n) is 4.70. The first-order valence-corrected chi connectivity index (χ1v) is 10.2. The fourth-order valence-corrected chi connectivity index (χ4v) is 5.29. The summed E-state index contributed by atoms with van der Waals surface area (Å²) in [4.78, 5) is 13.8. The molecule has 26 heavy (non-hydrogen) atoms. The van der Waals surface area contributed by atoms with Crippen molar-refractivity contribution in [2.24, 2.45) is 0 Å². The number of carbonyl (C=O) groups excluding carboxylic acids is 1. The summed E-state index contributed by atoms with van der Waals surface area (Å²) < 4.78 is 28.5. The van der Waals surface area contributed by atoms with Gasteiger partial charge in [-0.15, -0.1) is 0 Å². The Balaban J connectivity index is 1.96. The van der Waals surface area contributed by atoms with E-state index in [1.807, 2.05) is 45.0 Å². The maximum absolute atomic E-state index is 12.9. The first-order chi connectivity index (χ1) is 12.2. The third-order valence-corrected chi connectivity index (χ3v) is 6.39. The Hall–Kier alpha value is -2.34. The molecule has 0 bridgehead atoms. The molecule has 0 unspecified atom stereocenters. The molecule has 0 radical (unpaired) electrons. The third kappa shape index (κ3) is 3.46. The molecule has 0 saturated heterocycles. The highest BCUT2D eigenvalue weighted by atomic mass is 32.2. The highest BCUT2D eigenvalue weighted by molar-refractivity contribution is 7.92. The summed E-state index contributed by atoms with van der Waals surface area (Å²) in [5.74, 6) is 0.00480. The Kier molecular flexibility index (Phi) is 4.80. The van der Waals surface area contributed by atoms with Gasteiger partial charge in [-0.2, -0.15) is 0 Å². The Morgan fingerprint density at radius 3 is 2.35 bits per heavy atom. The Morgan fingerprint density at radius 2 is 1.73 bits per heavy atom. The fraction of sp³-hybridized carbons (Fsp3) is 0.350. The molecule has 0 aromatic heterocycles. The topological polar surface area (TPSA) is 66.5 Å². The highest BCUT2D eigenvalue weighted by Gasteiger charge is 2.23. The normalized spacial score (nSPS) is 14.1. The number of sulfonamides is 1. The van der Waals surface area contributed by atoms with E-state index in [4.69, 9.17) is 0 Å². The number of fused-ring (bicyclic) bond motifs is 1. The molecule has 2 aromatic carbocycles. The molecular weight excluding hydrogens is 348 g/mol. The van der Waals surface area contributed by atoms with Crippen molar-refractivity contribution in [1.82, 2.24) is 0 Å². The number of nitrogens with zero attached hydrogens (tertiary/aromatic N) is 1. The van der Waals surface area contributed by atoms with Gasteiger partial charge in [0.25, 0.3) is 10.0 Å². The molecule has 2 aromatic rings. The number of carbonyl (C=O) groups is 1. The van der Waals surface area contributed by atoms with Crippen molar-refractivity contribution in [1.29, 1.82) is 0 Å². The van der Waals surface area contributed by atoms with Gasteiger partial charge in [0.15, 0.2) is 0 Å². The maximum Gasteiger partial charge on any atom is 0.262 e. The predicted molar refractivity (Wildman–Crippen MR) is 104 cm³/mol. The second-order valence-electron chi connectivity index (χ2n) is 6.95. The van der Waals surface area contributed by atoms with E-state index in [1.165, 1.54) is 0 Å². The summed E-state index contributed by atoms with van der Waals surface area (Å²) in [6, 6.07) is 9.12. The summed E-state index contributed by atoms with van der Waals surface area (Å²) in [5.41, 5.74) is 4.88. The molecule has 1 heterocycles. The fourth-order valence-electron chi connectivity index (χ4n) is 3.78. The number of anilines is 2. The van der Waals surface area contributed by atoms with Gasteiger partial charge in [-0.25, -0.2) is 8.42 Å². The van der Waals surface area contributed by atoms with Gasteiger partial charge in [0.2, 0.25) is 5.91 Å². The number of rotatable bonds is 3. The molecule has 0 fully saturated rings. The zero-order chi connectivity index (χ0) is 19.1. The zero-order valence-electron chi connectivity index (χ0n) is 15.6. The van der Waals surface area contributed by atoms with Crippen LogP contribution in [0.5, 0.6) is 0 Å². The van der Waals surface area contributed by atoms with Crippen LogP contribution in [0.15, 0.2) is 35.2 Å². The van der Waals surface area contributed by atoms with Crippen LogP contribution in [0.4, 0.5) is 11.4 Å². The van der Waals surface area contributed by atoms with E-state index in [0.29, 0.717) is 17.1 Å². The van der Waals surface area contributed by atoms with Crippen LogP contribution in [0.3, 0.4) is 0 Å². The smallest absolute Gasteiger partial charge is 0.262 e. The van der Waals surface area contributed by atoms with E-state index in [1.54, 1.807) is 17.9 Å². The van der Waals surface area contributed by atoms with Gasteiger partial charge in [0.05, 0.1) is 4.90 Å². The summed E-state index contributed by atoms with van der Waals surface area (Å²) >= 11 is 0. The van der Waals surface area contributed by atoms with E-state index in [-0.39, 0.29) is 5.91 Å². The minimum Gasteiger partial charge on any atom is -0.312 e.